The summed E-state index contributed by atoms with van der Waals surface area (Å²) in [5.74, 6) is -0.872. The van der Waals surface area contributed by atoms with Crippen molar-refractivity contribution in [3.63, 3.8) is 0 Å². The number of nitrogens with one attached hydrogen (secondary N) is 2. The van der Waals surface area contributed by atoms with E-state index in [9.17, 15) is 14.4 Å². The minimum atomic E-state index is -1.05. The van der Waals surface area contributed by atoms with Crippen LogP contribution in [0.3, 0.4) is 0 Å². The maximum atomic E-state index is 12.4. The van der Waals surface area contributed by atoms with E-state index in [0.29, 0.717) is 5.75 Å². The Morgan fingerprint density at radius 1 is 1.06 bits per heavy atom. The van der Waals surface area contributed by atoms with Crippen LogP contribution in [-0.4, -0.2) is 53.8 Å². The zero-order valence-corrected chi connectivity index (χ0v) is 17.5. The van der Waals surface area contributed by atoms with E-state index in [1.807, 2.05) is 36.4 Å². The Kier molecular flexibility index (Phi) is 6.45. The number of urea groups is 1. The number of carbonyl (C=O) groups excluding carboxylic acids is 3. The number of hydroxylamine groups is 1. The Morgan fingerprint density at radius 2 is 1.61 bits per heavy atom. The van der Waals surface area contributed by atoms with Crippen molar-refractivity contribution in [3.05, 3.63) is 48.5 Å². The van der Waals surface area contributed by atoms with Crippen LogP contribution in [0, 0.1) is 5.92 Å². The first kappa shape index (κ1) is 22.1. The summed E-state index contributed by atoms with van der Waals surface area (Å²) in [6.07, 6.45) is 0. The number of nitrogens with zero attached hydrogens (tertiary/aromatic N) is 1. The Hall–Kier alpha value is -3.59. The Balaban J connectivity index is 1.65. The highest BCUT2D eigenvalue weighted by Gasteiger charge is 2.45. The average molecular weight is 427 g/mol. The molecule has 4 amide bonds. The van der Waals surface area contributed by atoms with Gasteiger partial charge in [-0.25, -0.2) is 10.3 Å². The van der Waals surface area contributed by atoms with E-state index in [1.165, 1.54) is 0 Å². The summed E-state index contributed by atoms with van der Waals surface area (Å²) >= 11 is 0. The van der Waals surface area contributed by atoms with Crippen LogP contribution < -0.4 is 20.3 Å². The highest BCUT2D eigenvalue weighted by molar-refractivity contribution is 6.06. The molecule has 3 rings (SSSR count). The van der Waals surface area contributed by atoms with Gasteiger partial charge in [-0.2, -0.15) is 0 Å². The molecular formula is C22H25N3O6. The second-order valence-electron chi connectivity index (χ2n) is 7.71. The van der Waals surface area contributed by atoms with Crippen LogP contribution in [-0.2, 0) is 9.59 Å². The van der Waals surface area contributed by atoms with Crippen LogP contribution in [0.2, 0.25) is 0 Å². The first-order valence-electron chi connectivity index (χ1n) is 9.70. The van der Waals surface area contributed by atoms with E-state index >= 15 is 0 Å². The molecule has 0 aromatic heterocycles. The molecule has 164 valence electrons. The molecule has 1 unspecified atom stereocenters. The van der Waals surface area contributed by atoms with Crippen molar-refractivity contribution in [2.75, 3.05) is 20.3 Å². The molecule has 0 radical (unpaired) electrons. The lowest BCUT2D eigenvalue weighted by molar-refractivity contribution is -0.136. The lowest BCUT2D eigenvalue weighted by Gasteiger charge is -2.21. The summed E-state index contributed by atoms with van der Waals surface area (Å²) < 4.78 is 10.8. The van der Waals surface area contributed by atoms with Gasteiger partial charge in [0.05, 0.1) is 13.0 Å². The van der Waals surface area contributed by atoms with Gasteiger partial charge in [0.25, 0.3) is 11.8 Å². The standard InChI is InChI=1S/C22H25N3O6/c1-22(2)20(27)25(21(28)23-22)12-16(19(26)24-29)13-31-18-10-6-15(7-11-18)14-4-8-17(30-3)9-5-14/h4-11,16,29H,12-13H2,1-3H3,(H,23,28)(H,24,26). The van der Waals surface area contributed by atoms with E-state index in [1.54, 1.807) is 38.6 Å². The summed E-state index contributed by atoms with van der Waals surface area (Å²) in [4.78, 5) is 37.5. The van der Waals surface area contributed by atoms with Gasteiger partial charge < -0.3 is 14.8 Å². The summed E-state index contributed by atoms with van der Waals surface area (Å²) in [7, 11) is 1.61. The van der Waals surface area contributed by atoms with Crippen molar-refractivity contribution < 1.29 is 29.1 Å². The van der Waals surface area contributed by atoms with Crippen molar-refractivity contribution >= 4 is 17.8 Å². The van der Waals surface area contributed by atoms with Crippen molar-refractivity contribution in [1.82, 2.24) is 15.7 Å². The van der Waals surface area contributed by atoms with E-state index in [0.717, 1.165) is 21.8 Å². The quantitative estimate of drug-likeness (QED) is 0.338. The van der Waals surface area contributed by atoms with Gasteiger partial charge in [-0.3, -0.25) is 19.7 Å². The summed E-state index contributed by atoms with van der Waals surface area (Å²) in [6, 6.07) is 14.3. The smallest absolute Gasteiger partial charge is 0.325 e. The first-order chi connectivity index (χ1) is 14.7. The number of imide groups is 1. The zero-order valence-electron chi connectivity index (χ0n) is 17.5. The van der Waals surface area contributed by atoms with Crippen LogP contribution >= 0.6 is 0 Å². The number of rotatable bonds is 8. The third-order valence-electron chi connectivity index (χ3n) is 5.06. The average Bonchev–Trinajstić information content (AvgIpc) is 2.97. The van der Waals surface area contributed by atoms with Crippen molar-refractivity contribution in [3.8, 4) is 22.6 Å². The van der Waals surface area contributed by atoms with Gasteiger partial charge in [-0.1, -0.05) is 24.3 Å². The fraction of sp³-hybridized carbons (Fsp3) is 0.318. The number of benzene rings is 2. The first-order valence-corrected chi connectivity index (χ1v) is 9.70. The molecule has 9 heteroatoms. The van der Waals surface area contributed by atoms with Crippen molar-refractivity contribution in [2.45, 2.75) is 19.4 Å². The second kappa shape index (κ2) is 9.05. The van der Waals surface area contributed by atoms with Crippen LogP contribution in [0.5, 0.6) is 11.5 Å². The van der Waals surface area contributed by atoms with Crippen LogP contribution in [0.1, 0.15) is 13.8 Å². The van der Waals surface area contributed by atoms with Gasteiger partial charge in [-0.05, 0) is 49.2 Å². The molecule has 1 atom stereocenters. The molecule has 1 fully saturated rings. The van der Waals surface area contributed by atoms with Gasteiger partial charge in [0.15, 0.2) is 0 Å². The molecule has 1 aliphatic heterocycles. The highest BCUT2D eigenvalue weighted by atomic mass is 16.5. The third kappa shape index (κ3) is 4.95. The molecule has 2 aromatic rings. The predicted molar refractivity (Wildman–Crippen MR) is 112 cm³/mol. The number of ether oxygens (including phenoxy) is 2. The molecule has 1 aliphatic rings. The zero-order chi connectivity index (χ0) is 22.6. The summed E-state index contributed by atoms with van der Waals surface area (Å²) in [6.45, 7) is 2.81. The maximum Gasteiger partial charge on any atom is 0.325 e. The Bertz CT molecular complexity index is 956. The summed E-state index contributed by atoms with van der Waals surface area (Å²) in [5, 5.41) is 11.6. The number of hydrogen-bond acceptors (Lipinski definition) is 6. The highest BCUT2D eigenvalue weighted by Crippen LogP contribution is 2.25. The normalized spacial score (nSPS) is 15.9. The summed E-state index contributed by atoms with van der Waals surface area (Å²) in [5.41, 5.74) is 2.50. The fourth-order valence-corrected chi connectivity index (χ4v) is 3.23. The Labute approximate surface area is 179 Å². The third-order valence-corrected chi connectivity index (χ3v) is 5.06. The number of amides is 4. The lowest BCUT2D eigenvalue weighted by atomic mass is 10.1. The van der Waals surface area contributed by atoms with Crippen molar-refractivity contribution in [1.29, 1.82) is 0 Å². The molecule has 0 saturated carbocycles. The predicted octanol–water partition coefficient (Wildman–Crippen LogP) is 2.19. The molecule has 2 aromatic carbocycles. The van der Waals surface area contributed by atoms with Crippen LogP contribution in [0.15, 0.2) is 48.5 Å². The Morgan fingerprint density at radius 3 is 2.06 bits per heavy atom. The fourth-order valence-electron chi connectivity index (χ4n) is 3.23. The molecular weight excluding hydrogens is 402 g/mol. The van der Waals surface area contributed by atoms with Gasteiger partial charge in [0, 0.05) is 6.54 Å². The van der Waals surface area contributed by atoms with Gasteiger partial charge in [0.1, 0.15) is 23.6 Å². The number of carbonyl (C=O) groups is 3. The van der Waals surface area contributed by atoms with Gasteiger partial charge in [0.2, 0.25) is 0 Å². The SMILES string of the molecule is COc1ccc(-c2ccc(OCC(CN3C(=O)NC(C)(C)C3=O)C(=O)NO)cc2)cc1. The number of methoxy groups -OCH3 is 1. The molecule has 0 bridgehead atoms. The molecule has 0 spiro atoms. The van der Waals surface area contributed by atoms with Crippen LogP contribution in [0.25, 0.3) is 11.1 Å². The largest absolute Gasteiger partial charge is 0.497 e. The van der Waals surface area contributed by atoms with E-state index in [2.05, 4.69) is 5.32 Å². The molecule has 0 aliphatic carbocycles. The molecule has 31 heavy (non-hydrogen) atoms. The second-order valence-corrected chi connectivity index (χ2v) is 7.71. The van der Waals surface area contributed by atoms with E-state index in [-0.39, 0.29) is 13.2 Å². The van der Waals surface area contributed by atoms with Crippen molar-refractivity contribution in [2.24, 2.45) is 5.92 Å². The van der Waals surface area contributed by atoms with E-state index in [4.69, 9.17) is 14.7 Å². The number of hydrogen-bond donors (Lipinski definition) is 3. The molecule has 1 saturated heterocycles. The lowest BCUT2D eigenvalue weighted by Crippen LogP contribution is -2.44. The van der Waals surface area contributed by atoms with Gasteiger partial charge >= 0.3 is 6.03 Å². The molecule has 3 N–H and O–H groups in total. The topological polar surface area (TPSA) is 117 Å². The minimum absolute atomic E-state index is 0.133. The van der Waals surface area contributed by atoms with Gasteiger partial charge in [-0.15, -0.1) is 0 Å². The minimum Gasteiger partial charge on any atom is -0.497 e. The monoisotopic (exact) mass is 427 g/mol. The maximum absolute atomic E-state index is 12.4. The molecule has 1 heterocycles. The van der Waals surface area contributed by atoms with Crippen LogP contribution in [0.4, 0.5) is 4.79 Å². The van der Waals surface area contributed by atoms with E-state index < -0.39 is 29.3 Å². The molecule has 9 nitrogen and oxygen atoms in total.